The molecule has 0 saturated carbocycles. The molecule has 3 aromatic carbocycles. The number of hydrogen-bond acceptors (Lipinski definition) is 7. The fourth-order valence-corrected chi connectivity index (χ4v) is 3.66. The Hall–Kier alpha value is -4.66. The fourth-order valence-electron chi connectivity index (χ4n) is 3.66. The van der Waals surface area contributed by atoms with Crippen molar-refractivity contribution < 1.29 is 32.9 Å². The lowest BCUT2D eigenvalue weighted by Gasteiger charge is -2.13. The van der Waals surface area contributed by atoms with Crippen LogP contribution in [-0.4, -0.2) is 43.0 Å². The van der Waals surface area contributed by atoms with E-state index in [-0.39, 0.29) is 23.6 Å². The van der Waals surface area contributed by atoms with Gasteiger partial charge in [0.15, 0.2) is 17.2 Å². The largest absolute Gasteiger partial charge is 0.493 e. The predicted octanol–water partition coefficient (Wildman–Crippen LogP) is 4.84. The smallest absolute Gasteiger partial charge is 0.357 e. The molecule has 1 heterocycles. The molecule has 0 bridgehead atoms. The summed E-state index contributed by atoms with van der Waals surface area (Å²) in [6.45, 7) is -0.0534. The Labute approximate surface area is 206 Å². The van der Waals surface area contributed by atoms with Gasteiger partial charge in [-0.15, -0.1) is 0 Å². The van der Waals surface area contributed by atoms with Gasteiger partial charge in [0.1, 0.15) is 23.7 Å². The lowest BCUT2D eigenvalue weighted by molar-refractivity contribution is 0.0549. The Morgan fingerprint density at radius 2 is 1.56 bits per heavy atom. The maximum absolute atomic E-state index is 14.1. The van der Waals surface area contributed by atoms with Crippen LogP contribution < -0.4 is 9.47 Å². The molecule has 0 aliphatic carbocycles. The van der Waals surface area contributed by atoms with E-state index in [0.29, 0.717) is 28.3 Å². The summed E-state index contributed by atoms with van der Waals surface area (Å²) in [6, 6.07) is 20.0. The van der Waals surface area contributed by atoms with Crippen molar-refractivity contribution in [3.63, 3.8) is 0 Å². The first-order valence-electron chi connectivity index (χ1n) is 10.9. The molecule has 0 unspecified atom stereocenters. The van der Waals surface area contributed by atoms with Crippen LogP contribution in [0.1, 0.15) is 26.4 Å². The van der Waals surface area contributed by atoms with Crippen LogP contribution in [0.2, 0.25) is 0 Å². The number of halogens is 1. The summed E-state index contributed by atoms with van der Waals surface area (Å²) in [5.41, 5.74) is 1.36. The second kappa shape index (κ2) is 10.7. The highest BCUT2D eigenvalue weighted by molar-refractivity contribution is 6.06. The Morgan fingerprint density at radius 1 is 0.861 bits per heavy atom. The number of carbonyl (C=O) groups excluding carboxylic acids is 2. The van der Waals surface area contributed by atoms with Gasteiger partial charge in [-0.25, -0.2) is 18.7 Å². The Morgan fingerprint density at radius 3 is 2.22 bits per heavy atom. The molecule has 4 aromatic rings. The van der Waals surface area contributed by atoms with Crippen LogP contribution in [0.4, 0.5) is 4.39 Å². The van der Waals surface area contributed by atoms with E-state index in [9.17, 15) is 14.0 Å². The molecule has 0 aliphatic heterocycles. The number of aromatic nitrogens is 2. The summed E-state index contributed by atoms with van der Waals surface area (Å²) in [5, 5.41) is 4.58. The number of ether oxygens (including phenoxy) is 4. The van der Waals surface area contributed by atoms with Gasteiger partial charge in [0, 0.05) is 11.1 Å². The van der Waals surface area contributed by atoms with Gasteiger partial charge >= 0.3 is 11.9 Å². The van der Waals surface area contributed by atoms with E-state index in [4.69, 9.17) is 18.9 Å². The lowest BCUT2D eigenvalue weighted by Crippen LogP contribution is -2.15. The van der Waals surface area contributed by atoms with Crippen molar-refractivity contribution in [2.24, 2.45) is 0 Å². The molecular weight excluding hydrogens is 467 g/mol. The minimum Gasteiger partial charge on any atom is -0.493 e. The van der Waals surface area contributed by atoms with Crippen molar-refractivity contribution in [1.82, 2.24) is 9.78 Å². The van der Waals surface area contributed by atoms with Crippen LogP contribution in [0.25, 0.3) is 16.9 Å². The molecule has 0 N–H and O–H groups in total. The molecule has 1 aromatic heterocycles. The van der Waals surface area contributed by atoms with E-state index in [2.05, 4.69) is 5.10 Å². The number of nitrogens with zero attached hydrogens (tertiary/aromatic N) is 2. The van der Waals surface area contributed by atoms with Crippen molar-refractivity contribution in [3.8, 4) is 28.4 Å². The number of methoxy groups -OCH3 is 3. The van der Waals surface area contributed by atoms with Crippen molar-refractivity contribution in [1.29, 1.82) is 0 Å². The first-order valence-corrected chi connectivity index (χ1v) is 10.9. The van der Waals surface area contributed by atoms with Crippen LogP contribution >= 0.6 is 0 Å². The minimum absolute atomic E-state index is 0.0534. The van der Waals surface area contributed by atoms with Crippen LogP contribution in [0.5, 0.6) is 11.5 Å². The van der Waals surface area contributed by atoms with Gasteiger partial charge in [-0.1, -0.05) is 36.4 Å². The Bertz CT molecular complexity index is 1400. The van der Waals surface area contributed by atoms with Crippen molar-refractivity contribution in [2.75, 3.05) is 21.3 Å². The summed E-state index contributed by atoms with van der Waals surface area (Å²) in [6.07, 6.45) is 0. The van der Waals surface area contributed by atoms with Crippen molar-refractivity contribution in [3.05, 3.63) is 95.4 Å². The first kappa shape index (κ1) is 24.5. The van der Waals surface area contributed by atoms with Gasteiger partial charge in [-0.05, 0) is 36.4 Å². The molecule has 0 amide bonds. The van der Waals surface area contributed by atoms with Crippen LogP contribution in [0.15, 0.2) is 72.8 Å². The summed E-state index contributed by atoms with van der Waals surface area (Å²) in [7, 11) is 3.90. The highest BCUT2D eigenvalue weighted by Gasteiger charge is 2.31. The second-order valence-corrected chi connectivity index (χ2v) is 7.55. The van der Waals surface area contributed by atoms with E-state index in [0.717, 1.165) is 0 Å². The molecule has 4 rings (SSSR count). The van der Waals surface area contributed by atoms with Crippen LogP contribution in [0.3, 0.4) is 0 Å². The lowest BCUT2D eigenvalue weighted by atomic mass is 10.0. The molecule has 9 heteroatoms. The molecule has 8 nitrogen and oxygen atoms in total. The molecule has 0 fully saturated rings. The van der Waals surface area contributed by atoms with E-state index in [1.807, 2.05) is 6.07 Å². The van der Waals surface area contributed by atoms with Crippen LogP contribution in [-0.2, 0) is 16.1 Å². The average molecular weight is 490 g/mol. The zero-order chi connectivity index (χ0) is 25.7. The molecule has 0 spiro atoms. The average Bonchev–Trinajstić information content (AvgIpc) is 3.33. The van der Waals surface area contributed by atoms with Gasteiger partial charge in [0.05, 0.1) is 27.0 Å². The zero-order valence-corrected chi connectivity index (χ0v) is 19.9. The molecule has 0 atom stereocenters. The molecule has 36 heavy (non-hydrogen) atoms. The summed E-state index contributed by atoms with van der Waals surface area (Å²) in [5.74, 6) is -1.24. The normalized spacial score (nSPS) is 10.6. The Balaban J connectivity index is 1.86. The van der Waals surface area contributed by atoms with Gasteiger partial charge in [-0.2, -0.15) is 5.10 Å². The number of hydrogen-bond donors (Lipinski definition) is 0. The molecule has 184 valence electrons. The van der Waals surface area contributed by atoms with Gasteiger partial charge < -0.3 is 18.9 Å². The minimum atomic E-state index is -0.766. The second-order valence-electron chi connectivity index (χ2n) is 7.55. The summed E-state index contributed by atoms with van der Waals surface area (Å²) in [4.78, 5) is 25.6. The van der Waals surface area contributed by atoms with E-state index in [1.54, 1.807) is 60.7 Å². The van der Waals surface area contributed by atoms with Gasteiger partial charge in [-0.3, -0.25) is 0 Å². The van der Waals surface area contributed by atoms with Gasteiger partial charge in [0.25, 0.3) is 0 Å². The monoisotopic (exact) mass is 490 g/mol. The molecular formula is C27H23FN2O6. The third-order valence-electron chi connectivity index (χ3n) is 5.43. The maximum atomic E-state index is 14.1. The Kier molecular flexibility index (Phi) is 7.29. The van der Waals surface area contributed by atoms with Crippen LogP contribution in [0, 0.1) is 5.82 Å². The van der Waals surface area contributed by atoms with E-state index in [1.165, 1.54) is 32.1 Å². The van der Waals surface area contributed by atoms with Crippen molar-refractivity contribution >= 4 is 11.9 Å². The zero-order valence-electron chi connectivity index (χ0n) is 19.9. The highest BCUT2D eigenvalue weighted by Crippen LogP contribution is 2.36. The van der Waals surface area contributed by atoms with E-state index < -0.39 is 17.8 Å². The van der Waals surface area contributed by atoms with Crippen molar-refractivity contribution in [2.45, 2.75) is 6.61 Å². The molecule has 0 saturated heterocycles. The fraction of sp³-hybridized carbons (Fsp3) is 0.148. The maximum Gasteiger partial charge on any atom is 0.357 e. The summed E-state index contributed by atoms with van der Waals surface area (Å²) < 4.78 is 36.6. The molecule has 0 radical (unpaired) electrons. The molecule has 0 aliphatic rings. The third-order valence-corrected chi connectivity index (χ3v) is 5.43. The number of para-hydroxylation sites is 1. The number of carbonyl (C=O) groups is 2. The number of rotatable bonds is 8. The predicted molar refractivity (Wildman–Crippen MR) is 129 cm³/mol. The highest BCUT2D eigenvalue weighted by atomic mass is 19.1. The quantitative estimate of drug-likeness (QED) is 0.327. The number of esters is 2. The standard InChI is InChI=1S/C27H23FN2O6/c1-33-21-14-13-17(15-22(21)36-16-18-9-7-8-12-20(18)28)24-23(26(31)34-2)25(27(32)35-3)30(29-24)19-10-5-4-6-11-19/h4-15H,16H2,1-3H3. The summed E-state index contributed by atoms with van der Waals surface area (Å²) >= 11 is 0. The number of benzene rings is 3. The topological polar surface area (TPSA) is 88.9 Å². The van der Waals surface area contributed by atoms with E-state index >= 15 is 0 Å². The SMILES string of the molecule is COC(=O)c1c(-c2ccc(OC)c(OCc3ccccc3F)c2)nn(-c2ccccc2)c1C(=O)OC. The first-order chi connectivity index (χ1) is 17.5. The third kappa shape index (κ3) is 4.76. The van der Waals surface area contributed by atoms with Gasteiger partial charge in [0.2, 0.25) is 0 Å².